The number of nitrogens with zero attached hydrogens (tertiary/aromatic N) is 1. The minimum absolute atomic E-state index is 0.192. The molecule has 3 N–H and O–H groups in total. The van der Waals surface area contributed by atoms with Crippen molar-refractivity contribution in [3.8, 4) is 0 Å². The first kappa shape index (κ1) is 19.8. The highest BCUT2D eigenvalue weighted by Crippen LogP contribution is 2.25. The number of benzene rings is 3. The third-order valence-corrected chi connectivity index (χ3v) is 5.21. The van der Waals surface area contributed by atoms with E-state index in [0.29, 0.717) is 11.4 Å². The molecule has 3 rings (SSSR count). The van der Waals surface area contributed by atoms with Crippen molar-refractivity contribution < 1.29 is 18.1 Å². The number of rotatable bonds is 6. The smallest absolute Gasteiger partial charge is 0.308 e. The number of hydrogen-bond acceptors (Lipinski definition) is 5. The minimum Gasteiger partial charge on any atom is -0.308 e. The van der Waals surface area contributed by atoms with Gasteiger partial charge in [0.25, 0.3) is 15.7 Å². The highest BCUT2D eigenvalue weighted by atomic mass is 32.2. The van der Waals surface area contributed by atoms with Crippen LogP contribution >= 0.6 is 0 Å². The summed E-state index contributed by atoms with van der Waals surface area (Å²) in [7, 11) is -4.16. The second kappa shape index (κ2) is 8.40. The fourth-order valence-corrected chi connectivity index (χ4v) is 3.71. The summed E-state index contributed by atoms with van der Waals surface area (Å²) in [5.41, 5.74) is 0.735. The van der Waals surface area contributed by atoms with Crippen molar-refractivity contribution in [2.24, 2.45) is 0 Å². The van der Waals surface area contributed by atoms with Gasteiger partial charge in [0.15, 0.2) is 4.90 Å². The number of anilines is 3. The van der Waals surface area contributed by atoms with Gasteiger partial charge in [-0.3, -0.25) is 14.8 Å². The number of nitro groups is 1. The van der Waals surface area contributed by atoms with Crippen molar-refractivity contribution in [1.29, 1.82) is 0 Å². The van der Waals surface area contributed by atoms with Crippen molar-refractivity contribution in [1.82, 2.24) is 0 Å². The van der Waals surface area contributed by atoms with Crippen LogP contribution in [0.4, 0.5) is 27.5 Å². The van der Waals surface area contributed by atoms with Crippen molar-refractivity contribution >= 4 is 38.8 Å². The number of nitrogens with one attached hydrogen (secondary N) is 3. The summed E-state index contributed by atoms with van der Waals surface area (Å²) in [6.07, 6.45) is 0. The molecule has 2 amide bonds. The topological polar surface area (TPSA) is 130 Å². The van der Waals surface area contributed by atoms with E-state index in [1.165, 1.54) is 36.4 Å². The Morgan fingerprint density at radius 3 is 1.90 bits per heavy atom. The molecule has 3 aromatic rings. The van der Waals surface area contributed by atoms with Crippen LogP contribution in [-0.4, -0.2) is 19.4 Å². The third-order valence-electron chi connectivity index (χ3n) is 3.78. The highest BCUT2D eigenvalue weighted by molar-refractivity contribution is 7.92. The van der Waals surface area contributed by atoms with Crippen LogP contribution in [-0.2, 0) is 10.0 Å². The molecule has 0 aliphatic carbocycles. The zero-order chi connectivity index (χ0) is 20.9. The Labute approximate surface area is 166 Å². The molecule has 148 valence electrons. The number of nitro benzene ring substituents is 1. The molecule has 0 fully saturated rings. The first-order valence-electron chi connectivity index (χ1n) is 8.34. The molecule has 0 aromatic heterocycles. The Bertz CT molecular complexity index is 1130. The lowest BCUT2D eigenvalue weighted by Crippen LogP contribution is -2.19. The van der Waals surface area contributed by atoms with Crippen molar-refractivity contribution in [3.63, 3.8) is 0 Å². The maximum absolute atomic E-state index is 12.5. The SMILES string of the molecule is O=C(Nc1ccccc1)Nc1ccc(NS(=O)(=O)c2ccccc2[N+](=O)[O-])cc1. The zero-order valence-corrected chi connectivity index (χ0v) is 15.7. The van der Waals surface area contributed by atoms with Crippen molar-refractivity contribution in [2.75, 3.05) is 15.4 Å². The Kier molecular flexibility index (Phi) is 5.74. The van der Waals surface area contributed by atoms with Crippen LogP contribution in [0.3, 0.4) is 0 Å². The van der Waals surface area contributed by atoms with Gasteiger partial charge in [0.1, 0.15) is 0 Å². The molecule has 0 atom stereocenters. The van der Waals surface area contributed by atoms with Crippen LogP contribution in [0.2, 0.25) is 0 Å². The maximum atomic E-state index is 12.5. The fourth-order valence-electron chi connectivity index (χ4n) is 2.48. The van der Waals surface area contributed by atoms with Gasteiger partial charge in [0.05, 0.1) is 4.92 Å². The summed E-state index contributed by atoms with van der Waals surface area (Å²) in [5, 5.41) is 16.3. The van der Waals surface area contributed by atoms with Crippen LogP contribution < -0.4 is 15.4 Å². The minimum atomic E-state index is -4.16. The molecule has 0 heterocycles. The van der Waals surface area contributed by atoms with E-state index in [-0.39, 0.29) is 5.69 Å². The van der Waals surface area contributed by atoms with Crippen LogP contribution in [0, 0.1) is 10.1 Å². The average Bonchev–Trinajstić information content (AvgIpc) is 2.70. The zero-order valence-electron chi connectivity index (χ0n) is 14.9. The summed E-state index contributed by atoms with van der Waals surface area (Å²) in [5.74, 6) is 0. The largest absolute Gasteiger partial charge is 0.323 e. The molecule has 9 nitrogen and oxygen atoms in total. The van der Waals surface area contributed by atoms with E-state index >= 15 is 0 Å². The molecule has 10 heteroatoms. The Balaban J connectivity index is 1.69. The molecule has 0 aliphatic heterocycles. The molecular formula is C19H16N4O5S. The summed E-state index contributed by atoms with van der Waals surface area (Å²) >= 11 is 0. The maximum Gasteiger partial charge on any atom is 0.323 e. The van der Waals surface area contributed by atoms with E-state index in [9.17, 15) is 23.3 Å². The van der Waals surface area contributed by atoms with E-state index in [4.69, 9.17) is 0 Å². The van der Waals surface area contributed by atoms with Gasteiger partial charge in [-0.15, -0.1) is 0 Å². The second-order valence-corrected chi connectivity index (χ2v) is 7.50. The van der Waals surface area contributed by atoms with E-state index in [1.807, 2.05) is 6.07 Å². The van der Waals surface area contributed by atoms with Gasteiger partial charge < -0.3 is 10.6 Å². The van der Waals surface area contributed by atoms with E-state index in [2.05, 4.69) is 15.4 Å². The number of urea groups is 1. The Morgan fingerprint density at radius 1 is 0.759 bits per heavy atom. The van der Waals surface area contributed by atoms with Crippen LogP contribution in [0.1, 0.15) is 0 Å². The molecule has 0 aliphatic rings. The molecule has 0 spiro atoms. The number of amides is 2. The highest BCUT2D eigenvalue weighted by Gasteiger charge is 2.25. The monoisotopic (exact) mass is 412 g/mol. The van der Waals surface area contributed by atoms with Crippen LogP contribution in [0.25, 0.3) is 0 Å². The van der Waals surface area contributed by atoms with Gasteiger partial charge in [-0.1, -0.05) is 30.3 Å². The van der Waals surface area contributed by atoms with Crippen molar-refractivity contribution in [2.45, 2.75) is 4.90 Å². The second-order valence-electron chi connectivity index (χ2n) is 5.85. The summed E-state index contributed by atoms with van der Waals surface area (Å²) in [6, 6.07) is 19.4. The van der Waals surface area contributed by atoms with Gasteiger partial charge in [0, 0.05) is 23.1 Å². The van der Waals surface area contributed by atoms with Gasteiger partial charge in [-0.25, -0.2) is 13.2 Å². The standard InChI is InChI=1S/C19H16N4O5S/c24-19(20-14-6-2-1-3-7-14)21-15-10-12-16(13-11-15)22-29(27,28)18-9-5-4-8-17(18)23(25)26/h1-13,22H,(H2,20,21,24). The normalized spacial score (nSPS) is 10.8. The van der Waals surface area contributed by atoms with E-state index < -0.39 is 31.6 Å². The van der Waals surface area contributed by atoms with E-state index in [1.54, 1.807) is 24.3 Å². The molecule has 0 unspecified atom stereocenters. The first-order valence-corrected chi connectivity index (χ1v) is 9.83. The predicted octanol–water partition coefficient (Wildman–Crippen LogP) is 4.04. The Morgan fingerprint density at radius 2 is 1.28 bits per heavy atom. The van der Waals surface area contributed by atoms with Gasteiger partial charge >= 0.3 is 6.03 Å². The molecular weight excluding hydrogens is 396 g/mol. The average molecular weight is 412 g/mol. The lowest BCUT2D eigenvalue weighted by Gasteiger charge is -2.10. The molecule has 0 bridgehead atoms. The van der Waals surface area contributed by atoms with Gasteiger partial charge in [0.2, 0.25) is 0 Å². The molecule has 0 saturated heterocycles. The van der Waals surface area contributed by atoms with Crippen LogP contribution in [0.15, 0.2) is 83.8 Å². The van der Waals surface area contributed by atoms with Gasteiger partial charge in [-0.05, 0) is 42.5 Å². The molecule has 0 radical (unpaired) electrons. The number of sulfonamides is 1. The number of carbonyl (C=O) groups is 1. The number of hydrogen-bond donors (Lipinski definition) is 3. The summed E-state index contributed by atoms with van der Waals surface area (Å²) < 4.78 is 27.3. The summed E-state index contributed by atoms with van der Waals surface area (Å²) in [6.45, 7) is 0. The number of carbonyl (C=O) groups excluding carboxylic acids is 1. The number of para-hydroxylation sites is 2. The quantitative estimate of drug-likeness (QED) is 0.415. The predicted molar refractivity (Wildman–Crippen MR) is 109 cm³/mol. The molecule has 3 aromatic carbocycles. The van der Waals surface area contributed by atoms with E-state index in [0.717, 1.165) is 12.1 Å². The lowest BCUT2D eigenvalue weighted by molar-refractivity contribution is -0.387. The lowest BCUT2D eigenvalue weighted by atomic mass is 10.3. The first-order chi connectivity index (χ1) is 13.8. The molecule has 29 heavy (non-hydrogen) atoms. The van der Waals surface area contributed by atoms with Crippen LogP contribution in [0.5, 0.6) is 0 Å². The third kappa shape index (κ3) is 5.08. The van der Waals surface area contributed by atoms with Crippen molar-refractivity contribution in [3.05, 3.63) is 89.0 Å². The fraction of sp³-hybridized carbons (Fsp3) is 0. The molecule has 0 saturated carbocycles. The van der Waals surface area contributed by atoms with Gasteiger partial charge in [-0.2, -0.15) is 0 Å². The Hall–Kier alpha value is -3.92. The summed E-state index contributed by atoms with van der Waals surface area (Å²) in [4.78, 5) is 21.9.